The third-order valence-electron chi connectivity index (χ3n) is 9.58. The standard InChI is InChI=1S/C36H48.2ClH.Hf/c1-32(2,3)22-13-15-25-26-16-14-23(33(4,5)6)18-28(26)31(27(25)17-22)36(12)21-35(10,11)29-19-24(20-30(29)36)34(7,8)9;;;/h13-20,30-31H,21H2,1-12H3;2*1H;/p-2. The van der Waals surface area contributed by atoms with E-state index >= 15 is 0 Å². The molecule has 0 radical (unpaired) electrons. The van der Waals surface area contributed by atoms with E-state index in [0.29, 0.717) is 11.8 Å². The fourth-order valence-corrected chi connectivity index (χ4v) is 7.55. The van der Waals surface area contributed by atoms with Gasteiger partial charge in [0.25, 0.3) is 0 Å². The maximum absolute atomic E-state index is 2.66. The molecule has 0 nitrogen and oxygen atoms in total. The van der Waals surface area contributed by atoms with Crippen molar-refractivity contribution in [2.24, 2.45) is 22.2 Å². The van der Waals surface area contributed by atoms with Crippen LogP contribution in [0.4, 0.5) is 0 Å². The first-order valence-corrected chi connectivity index (χ1v) is 14.1. The number of halogens is 2. The Labute approximate surface area is 270 Å². The van der Waals surface area contributed by atoms with E-state index in [0.717, 1.165) is 0 Å². The van der Waals surface area contributed by atoms with Crippen LogP contribution in [0.25, 0.3) is 11.1 Å². The summed E-state index contributed by atoms with van der Waals surface area (Å²) in [6.07, 6.45) is 6.44. The van der Waals surface area contributed by atoms with E-state index in [1.807, 2.05) is 0 Å². The van der Waals surface area contributed by atoms with E-state index < -0.39 is 0 Å². The molecule has 0 amide bonds. The van der Waals surface area contributed by atoms with Crippen molar-refractivity contribution in [3.05, 3.63) is 82.0 Å². The fraction of sp³-hybridized carbons (Fsp3) is 0.556. The van der Waals surface area contributed by atoms with Crippen molar-refractivity contribution in [3.63, 3.8) is 0 Å². The summed E-state index contributed by atoms with van der Waals surface area (Å²) in [6.45, 7) is 28.8. The van der Waals surface area contributed by atoms with Crippen molar-refractivity contribution in [2.75, 3.05) is 0 Å². The van der Waals surface area contributed by atoms with Crippen molar-refractivity contribution in [3.8, 4) is 11.1 Å². The summed E-state index contributed by atoms with van der Waals surface area (Å²) in [4.78, 5) is 0. The number of hydrogen-bond donors (Lipinski definition) is 0. The molecule has 2 aromatic carbocycles. The Morgan fingerprint density at radius 3 is 1.49 bits per heavy atom. The zero-order valence-corrected chi connectivity index (χ0v) is 31.3. The van der Waals surface area contributed by atoms with Crippen LogP contribution in [0.2, 0.25) is 0 Å². The Kier molecular flexibility index (Phi) is 9.37. The minimum atomic E-state index is 0. The summed E-state index contributed by atoms with van der Waals surface area (Å²) >= 11 is 0. The molecule has 3 aliphatic rings. The van der Waals surface area contributed by atoms with Crippen molar-refractivity contribution >= 4 is 0 Å². The second-order valence-corrected chi connectivity index (χ2v) is 16.1. The first-order valence-electron chi connectivity index (χ1n) is 14.1. The fourth-order valence-electron chi connectivity index (χ4n) is 7.55. The molecule has 212 valence electrons. The van der Waals surface area contributed by atoms with Gasteiger partial charge in [-0.25, -0.2) is 0 Å². The predicted octanol–water partition coefficient (Wildman–Crippen LogP) is 4.36. The van der Waals surface area contributed by atoms with Gasteiger partial charge in [0, 0.05) is 37.7 Å². The van der Waals surface area contributed by atoms with Gasteiger partial charge < -0.3 is 24.8 Å². The Balaban J connectivity index is 0.00000178. The molecular formula is C36H48Cl2Hf-2. The molecule has 1 saturated carbocycles. The minimum absolute atomic E-state index is 0. The summed E-state index contributed by atoms with van der Waals surface area (Å²) in [5.74, 6) is 0.889. The van der Waals surface area contributed by atoms with Gasteiger partial charge in [-0.15, -0.1) is 0 Å². The Hall–Kier alpha value is -0.630. The van der Waals surface area contributed by atoms with Gasteiger partial charge in [0.1, 0.15) is 0 Å². The van der Waals surface area contributed by atoms with Crippen molar-refractivity contribution < 1.29 is 50.7 Å². The zero-order valence-electron chi connectivity index (χ0n) is 26.2. The number of fused-ring (bicyclic) bond motifs is 4. The monoisotopic (exact) mass is 730 g/mol. The van der Waals surface area contributed by atoms with E-state index in [1.165, 1.54) is 34.2 Å². The molecule has 0 aromatic heterocycles. The van der Waals surface area contributed by atoms with E-state index in [9.17, 15) is 0 Å². The van der Waals surface area contributed by atoms with Gasteiger partial charge >= 0.3 is 0 Å². The van der Waals surface area contributed by atoms with Gasteiger partial charge in [0.2, 0.25) is 0 Å². The van der Waals surface area contributed by atoms with Gasteiger partial charge in [-0.05, 0) is 72.4 Å². The van der Waals surface area contributed by atoms with Gasteiger partial charge in [-0.3, -0.25) is 0 Å². The molecule has 0 N–H and O–H groups in total. The Morgan fingerprint density at radius 2 is 1.10 bits per heavy atom. The van der Waals surface area contributed by atoms with Crippen molar-refractivity contribution in [2.45, 2.75) is 106 Å². The van der Waals surface area contributed by atoms with Crippen LogP contribution in [-0.2, 0) is 36.7 Å². The molecule has 0 spiro atoms. The third-order valence-corrected chi connectivity index (χ3v) is 9.58. The summed E-state index contributed by atoms with van der Waals surface area (Å²) in [5.41, 5.74) is 12.9. The molecule has 2 atom stereocenters. The molecule has 39 heavy (non-hydrogen) atoms. The van der Waals surface area contributed by atoms with Gasteiger partial charge in [-0.2, -0.15) is 0 Å². The van der Waals surface area contributed by atoms with E-state index in [-0.39, 0.29) is 77.7 Å². The van der Waals surface area contributed by atoms with E-state index in [4.69, 9.17) is 0 Å². The average Bonchev–Trinajstić information content (AvgIpc) is 3.36. The van der Waals surface area contributed by atoms with Crippen LogP contribution < -0.4 is 24.8 Å². The van der Waals surface area contributed by atoms with Gasteiger partial charge in [0.05, 0.1) is 0 Å². The number of allylic oxidation sites excluding steroid dienone is 4. The molecule has 3 aliphatic carbocycles. The molecule has 3 heteroatoms. The molecule has 1 fully saturated rings. The molecular weight excluding hydrogens is 682 g/mol. The van der Waals surface area contributed by atoms with Gasteiger partial charge in [0.15, 0.2) is 0 Å². The van der Waals surface area contributed by atoms with E-state index in [1.54, 1.807) is 16.7 Å². The number of benzene rings is 2. The molecule has 0 heterocycles. The number of hydrogen-bond acceptors (Lipinski definition) is 0. The maximum Gasteiger partial charge on any atom is 0.0165 e. The topological polar surface area (TPSA) is 0 Å². The minimum Gasteiger partial charge on any atom is -1.00 e. The Bertz CT molecular complexity index is 1240. The predicted molar refractivity (Wildman–Crippen MR) is 157 cm³/mol. The van der Waals surface area contributed by atoms with Crippen molar-refractivity contribution in [1.82, 2.24) is 0 Å². The first kappa shape index (κ1) is 34.6. The molecule has 2 aromatic rings. The smallest absolute Gasteiger partial charge is 0.0165 e. The molecule has 0 bridgehead atoms. The largest absolute Gasteiger partial charge is 1.00 e. The molecule has 2 unspecified atom stereocenters. The maximum atomic E-state index is 2.66. The van der Waals surface area contributed by atoms with Crippen LogP contribution in [0.15, 0.2) is 59.7 Å². The SMILES string of the molecule is CC(C)(C)C1=CC2C(=C1)C(C)(C)CC2(C)C1c2cc(C(C)(C)C)ccc2-c2ccc(C(C)(C)C)cc21.[Cl-].[Cl-].[Hf]. The second-order valence-electron chi connectivity index (χ2n) is 16.1. The zero-order chi connectivity index (χ0) is 26.6. The quantitative estimate of drug-likeness (QED) is 0.383. The summed E-state index contributed by atoms with van der Waals surface area (Å²) in [7, 11) is 0. The second kappa shape index (κ2) is 10.6. The molecule has 0 aliphatic heterocycles. The van der Waals surface area contributed by atoms with Crippen LogP contribution in [0.3, 0.4) is 0 Å². The van der Waals surface area contributed by atoms with Gasteiger partial charge in [-0.1, -0.05) is 137 Å². The summed E-state index contributed by atoms with van der Waals surface area (Å²) in [5, 5.41) is 0. The summed E-state index contributed by atoms with van der Waals surface area (Å²) < 4.78 is 0. The van der Waals surface area contributed by atoms with Crippen molar-refractivity contribution in [1.29, 1.82) is 0 Å². The van der Waals surface area contributed by atoms with Crippen LogP contribution in [0.5, 0.6) is 0 Å². The normalized spacial score (nSPS) is 23.4. The van der Waals surface area contributed by atoms with Crippen LogP contribution in [0, 0.1) is 22.2 Å². The number of rotatable bonds is 1. The van der Waals surface area contributed by atoms with Crippen LogP contribution in [0.1, 0.15) is 118 Å². The molecule has 0 saturated heterocycles. The summed E-state index contributed by atoms with van der Waals surface area (Å²) in [6, 6.07) is 14.7. The van der Waals surface area contributed by atoms with E-state index in [2.05, 4.69) is 132 Å². The molecule has 5 rings (SSSR count). The Morgan fingerprint density at radius 1 is 0.667 bits per heavy atom. The third kappa shape index (κ3) is 5.60. The van der Waals surface area contributed by atoms with Crippen LogP contribution in [-0.4, -0.2) is 0 Å². The first-order chi connectivity index (χ1) is 16.3. The van der Waals surface area contributed by atoms with Crippen LogP contribution >= 0.6 is 0 Å². The average molecular weight is 730 g/mol.